The number of rotatable bonds is 1. The summed E-state index contributed by atoms with van der Waals surface area (Å²) in [4.78, 5) is 2.39. The molecular weight excluding hydrogens is 265 g/mol. The Balaban J connectivity index is 1.86. The van der Waals surface area contributed by atoms with E-state index in [4.69, 9.17) is 4.74 Å². The summed E-state index contributed by atoms with van der Waals surface area (Å²) in [5, 5.41) is 1.71. The van der Waals surface area contributed by atoms with Crippen molar-refractivity contribution in [2.45, 2.75) is 18.5 Å². The molecule has 0 N–H and O–H groups in total. The molecule has 2 heterocycles. The number of hydrogen-bond donors (Lipinski definition) is 0. The summed E-state index contributed by atoms with van der Waals surface area (Å²) in [6, 6.07) is 12.0. The third-order valence-electron chi connectivity index (χ3n) is 4.76. The maximum Gasteiger partial charge on any atom is 0.131 e. The number of halogens is 1. The second-order valence-electron chi connectivity index (χ2n) is 5.96. The van der Waals surface area contributed by atoms with E-state index in [1.807, 2.05) is 30.3 Å². The molecule has 2 bridgehead atoms. The first-order chi connectivity index (χ1) is 10.2. The largest absolute Gasteiger partial charge is 0.378 e. The van der Waals surface area contributed by atoms with E-state index >= 15 is 0 Å². The minimum atomic E-state index is -0.147. The summed E-state index contributed by atoms with van der Waals surface area (Å²) >= 11 is 0. The van der Waals surface area contributed by atoms with Gasteiger partial charge in [0.15, 0.2) is 0 Å². The smallest absolute Gasteiger partial charge is 0.131 e. The van der Waals surface area contributed by atoms with Crippen LogP contribution in [0.1, 0.15) is 12.0 Å². The molecule has 2 atom stereocenters. The zero-order valence-electron chi connectivity index (χ0n) is 12.1. The second kappa shape index (κ2) is 4.93. The molecule has 1 fully saturated rings. The normalized spacial score (nSPS) is 25.9. The van der Waals surface area contributed by atoms with Crippen molar-refractivity contribution in [2.24, 2.45) is 0 Å². The van der Waals surface area contributed by atoms with Gasteiger partial charge in [-0.1, -0.05) is 36.4 Å². The van der Waals surface area contributed by atoms with Crippen molar-refractivity contribution in [1.82, 2.24) is 4.90 Å². The second-order valence-corrected chi connectivity index (χ2v) is 5.96. The van der Waals surface area contributed by atoms with Gasteiger partial charge in [-0.05, 0) is 36.1 Å². The van der Waals surface area contributed by atoms with E-state index in [1.165, 1.54) is 5.57 Å². The summed E-state index contributed by atoms with van der Waals surface area (Å²) in [5.41, 5.74) is 2.49. The van der Waals surface area contributed by atoms with Gasteiger partial charge in [-0.25, -0.2) is 4.39 Å². The third-order valence-corrected chi connectivity index (χ3v) is 4.76. The van der Waals surface area contributed by atoms with E-state index in [0.717, 1.165) is 30.6 Å². The van der Waals surface area contributed by atoms with Crippen LogP contribution in [0, 0.1) is 5.82 Å². The molecule has 0 saturated carbocycles. The van der Waals surface area contributed by atoms with Gasteiger partial charge in [0.25, 0.3) is 0 Å². The zero-order chi connectivity index (χ0) is 14.4. The van der Waals surface area contributed by atoms with Gasteiger partial charge in [-0.2, -0.15) is 0 Å². The fourth-order valence-electron chi connectivity index (χ4n) is 3.50. The van der Waals surface area contributed by atoms with Crippen LogP contribution >= 0.6 is 0 Å². The lowest BCUT2D eigenvalue weighted by Crippen LogP contribution is -2.51. The summed E-state index contributed by atoms with van der Waals surface area (Å²) in [7, 11) is 2.16. The van der Waals surface area contributed by atoms with Crippen molar-refractivity contribution in [3.63, 3.8) is 0 Å². The van der Waals surface area contributed by atoms with Gasteiger partial charge in [0.1, 0.15) is 5.82 Å². The number of morpholine rings is 1. The zero-order valence-corrected chi connectivity index (χ0v) is 12.1. The van der Waals surface area contributed by atoms with Gasteiger partial charge in [0, 0.05) is 11.4 Å². The number of fused-ring (bicyclic) bond motifs is 3. The molecule has 21 heavy (non-hydrogen) atoms. The number of likely N-dealkylation sites (N-methyl/N-ethyl adjacent to an activating group) is 1. The molecule has 2 nitrogen and oxygen atoms in total. The maximum atomic E-state index is 14.0. The Morgan fingerprint density at radius 3 is 2.71 bits per heavy atom. The predicted molar refractivity (Wildman–Crippen MR) is 82.7 cm³/mol. The van der Waals surface area contributed by atoms with Crippen LogP contribution in [0.5, 0.6) is 0 Å². The van der Waals surface area contributed by atoms with Gasteiger partial charge in [-0.15, -0.1) is 0 Å². The highest BCUT2D eigenvalue weighted by molar-refractivity contribution is 5.94. The SMILES string of the molecule is CN1C2C=C(c3ccc(F)c4ccccc34)CC1COC2. The molecule has 2 aliphatic heterocycles. The first-order valence-electron chi connectivity index (χ1n) is 7.42. The molecule has 0 spiro atoms. The van der Waals surface area contributed by atoms with Crippen molar-refractivity contribution in [2.75, 3.05) is 20.3 Å². The van der Waals surface area contributed by atoms with Crippen LogP contribution in [0.25, 0.3) is 16.3 Å². The molecule has 2 aromatic carbocycles. The molecule has 0 amide bonds. The lowest BCUT2D eigenvalue weighted by Gasteiger charge is -2.42. The van der Waals surface area contributed by atoms with E-state index < -0.39 is 0 Å². The Labute approximate surface area is 123 Å². The molecule has 0 aromatic heterocycles. The van der Waals surface area contributed by atoms with Gasteiger partial charge >= 0.3 is 0 Å². The summed E-state index contributed by atoms with van der Waals surface area (Å²) in [5.74, 6) is -0.147. The first kappa shape index (κ1) is 13.0. The molecular formula is C18H18FNO. The minimum Gasteiger partial charge on any atom is -0.378 e. The number of nitrogens with zero attached hydrogens (tertiary/aromatic N) is 1. The van der Waals surface area contributed by atoms with Crippen molar-refractivity contribution >= 4 is 16.3 Å². The van der Waals surface area contributed by atoms with Crippen LogP contribution in [0.2, 0.25) is 0 Å². The van der Waals surface area contributed by atoms with Crippen molar-refractivity contribution in [3.8, 4) is 0 Å². The van der Waals surface area contributed by atoms with E-state index in [-0.39, 0.29) is 5.82 Å². The predicted octanol–water partition coefficient (Wildman–Crippen LogP) is 3.47. The van der Waals surface area contributed by atoms with E-state index in [9.17, 15) is 4.39 Å². The first-order valence-corrected chi connectivity index (χ1v) is 7.42. The molecule has 1 saturated heterocycles. The molecule has 2 unspecified atom stereocenters. The maximum absolute atomic E-state index is 14.0. The number of benzene rings is 2. The monoisotopic (exact) mass is 283 g/mol. The van der Waals surface area contributed by atoms with Crippen LogP contribution in [0.4, 0.5) is 4.39 Å². The summed E-state index contributed by atoms with van der Waals surface area (Å²) < 4.78 is 19.6. The highest BCUT2D eigenvalue weighted by Gasteiger charge is 2.32. The van der Waals surface area contributed by atoms with Crippen LogP contribution in [-0.4, -0.2) is 37.2 Å². The van der Waals surface area contributed by atoms with Gasteiger partial charge in [-0.3, -0.25) is 4.90 Å². The van der Waals surface area contributed by atoms with Crippen molar-refractivity contribution in [3.05, 3.63) is 53.9 Å². The lowest BCUT2D eigenvalue weighted by atomic mass is 9.88. The number of hydrogen-bond acceptors (Lipinski definition) is 2. The topological polar surface area (TPSA) is 12.5 Å². The molecule has 108 valence electrons. The van der Waals surface area contributed by atoms with E-state index in [0.29, 0.717) is 17.5 Å². The number of ether oxygens (including phenoxy) is 1. The molecule has 0 radical (unpaired) electrons. The molecule has 4 rings (SSSR count). The fourth-order valence-corrected chi connectivity index (χ4v) is 3.50. The van der Waals surface area contributed by atoms with E-state index in [1.54, 1.807) is 6.07 Å². The third kappa shape index (κ3) is 2.08. The molecule has 2 aromatic rings. The van der Waals surface area contributed by atoms with Crippen LogP contribution in [0.3, 0.4) is 0 Å². The summed E-state index contributed by atoms with van der Waals surface area (Å²) in [6.07, 6.45) is 3.25. The molecule has 0 aliphatic carbocycles. The van der Waals surface area contributed by atoms with Crippen LogP contribution < -0.4 is 0 Å². The van der Waals surface area contributed by atoms with Gasteiger partial charge in [0.2, 0.25) is 0 Å². The van der Waals surface area contributed by atoms with Crippen molar-refractivity contribution in [1.29, 1.82) is 0 Å². The average Bonchev–Trinajstić information content (AvgIpc) is 2.48. The molecule has 3 heteroatoms. The minimum absolute atomic E-state index is 0.147. The Hall–Kier alpha value is -1.71. The van der Waals surface area contributed by atoms with Crippen LogP contribution in [0.15, 0.2) is 42.5 Å². The van der Waals surface area contributed by atoms with Gasteiger partial charge < -0.3 is 4.74 Å². The lowest BCUT2D eigenvalue weighted by molar-refractivity contribution is -0.0221. The quantitative estimate of drug-likeness (QED) is 0.794. The van der Waals surface area contributed by atoms with Crippen LogP contribution in [-0.2, 0) is 4.74 Å². The Morgan fingerprint density at radius 1 is 1.10 bits per heavy atom. The Bertz CT molecular complexity index is 724. The Morgan fingerprint density at radius 2 is 1.90 bits per heavy atom. The van der Waals surface area contributed by atoms with Crippen molar-refractivity contribution < 1.29 is 9.13 Å². The standard InChI is InChI=1S/C18H18FNO/c1-20-13-8-12(9-14(20)11-21-10-13)15-6-7-18(19)17-5-3-2-4-16(15)17/h2-8,13-14H,9-11H2,1H3. The van der Waals surface area contributed by atoms with Gasteiger partial charge in [0.05, 0.1) is 19.3 Å². The van der Waals surface area contributed by atoms with E-state index in [2.05, 4.69) is 18.0 Å². The highest BCUT2D eigenvalue weighted by Crippen LogP contribution is 2.35. The summed E-state index contributed by atoms with van der Waals surface area (Å²) in [6.45, 7) is 1.53. The highest BCUT2D eigenvalue weighted by atomic mass is 19.1. The molecule has 2 aliphatic rings. The fraction of sp³-hybridized carbons (Fsp3) is 0.333. The average molecular weight is 283 g/mol. The Kier molecular flexibility index (Phi) is 3.05.